The maximum Gasteiger partial charge on any atom is 0.243 e. The van der Waals surface area contributed by atoms with Crippen LogP contribution < -0.4 is 10.6 Å². The molecule has 2 N–H and O–H groups in total. The van der Waals surface area contributed by atoms with E-state index in [1.807, 2.05) is 26.0 Å². The maximum atomic E-state index is 12.5. The summed E-state index contributed by atoms with van der Waals surface area (Å²) in [5.41, 5.74) is 1.00. The van der Waals surface area contributed by atoms with Gasteiger partial charge >= 0.3 is 0 Å². The van der Waals surface area contributed by atoms with Crippen LogP contribution in [0.5, 0.6) is 0 Å². The fraction of sp³-hybridized carbons (Fsp3) is 0.632. The SMILES string of the molecule is CCN(CC)S(=O)(=O)c1ccc(CNC(=S)N[C@H]2CCCC[C@H]2C)cc1. The minimum absolute atomic E-state index is 0.335. The van der Waals surface area contributed by atoms with Crippen molar-refractivity contribution in [3.63, 3.8) is 0 Å². The molecular formula is C19H31N3O2S2. The number of hydrogen-bond donors (Lipinski definition) is 2. The molecule has 0 aliphatic heterocycles. The van der Waals surface area contributed by atoms with Crippen molar-refractivity contribution in [2.24, 2.45) is 5.92 Å². The normalized spacial score (nSPS) is 20.8. The van der Waals surface area contributed by atoms with Gasteiger partial charge in [0, 0.05) is 25.7 Å². The molecule has 0 amide bonds. The van der Waals surface area contributed by atoms with Crippen LogP contribution in [0.25, 0.3) is 0 Å². The Morgan fingerprint density at radius 3 is 2.35 bits per heavy atom. The summed E-state index contributed by atoms with van der Waals surface area (Å²) >= 11 is 5.41. The van der Waals surface area contributed by atoms with Crippen molar-refractivity contribution in [2.75, 3.05) is 13.1 Å². The van der Waals surface area contributed by atoms with Gasteiger partial charge < -0.3 is 10.6 Å². The number of thiocarbonyl (C=S) groups is 1. The molecule has 7 heteroatoms. The Balaban J connectivity index is 1.90. The third kappa shape index (κ3) is 5.41. The van der Waals surface area contributed by atoms with Crippen LogP contribution >= 0.6 is 12.2 Å². The van der Waals surface area contributed by atoms with Gasteiger partial charge in [0.05, 0.1) is 4.90 Å². The van der Waals surface area contributed by atoms with Crippen LogP contribution in [0, 0.1) is 5.92 Å². The topological polar surface area (TPSA) is 61.4 Å². The molecule has 1 aliphatic carbocycles. The van der Waals surface area contributed by atoms with E-state index < -0.39 is 10.0 Å². The van der Waals surface area contributed by atoms with Gasteiger partial charge in [-0.1, -0.05) is 45.7 Å². The second-order valence-corrected chi connectivity index (χ2v) is 9.27. The summed E-state index contributed by atoms with van der Waals surface area (Å²) < 4.78 is 26.5. The maximum absolute atomic E-state index is 12.5. The molecule has 0 spiro atoms. The molecule has 1 aromatic rings. The number of benzene rings is 1. The van der Waals surface area contributed by atoms with Gasteiger partial charge in [0.15, 0.2) is 5.11 Å². The molecule has 0 bridgehead atoms. The largest absolute Gasteiger partial charge is 0.360 e. The highest BCUT2D eigenvalue weighted by molar-refractivity contribution is 7.89. The Morgan fingerprint density at radius 2 is 1.77 bits per heavy atom. The first-order valence-corrected chi connectivity index (χ1v) is 11.4. The van der Waals surface area contributed by atoms with Gasteiger partial charge in [-0.2, -0.15) is 4.31 Å². The van der Waals surface area contributed by atoms with Crippen molar-refractivity contribution in [3.05, 3.63) is 29.8 Å². The van der Waals surface area contributed by atoms with Crippen LogP contribution in [0.3, 0.4) is 0 Å². The fourth-order valence-electron chi connectivity index (χ4n) is 3.42. The fourth-order valence-corrected chi connectivity index (χ4v) is 5.11. The summed E-state index contributed by atoms with van der Waals surface area (Å²) in [7, 11) is -3.40. The lowest BCUT2D eigenvalue weighted by Crippen LogP contribution is -2.45. The predicted molar refractivity (Wildman–Crippen MR) is 111 cm³/mol. The lowest BCUT2D eigenvalue weighted by atomic mass is 9.86. The Morgan fingerprint density at radius 1 is 1.15 bits per heavy atom. The zero-order valence-corrected chi connectivity index (χ0v) is 17.6. The first-order chi connectivity index (χ1) is 12.4. The molecule has 1 aliphatic rings. The molecule has 2 atom stereocenters. The van der Waals surface area contributed by atoms with E-state index in [0.717, 1.165) is 5.56 Å². The van der Waals surface area contributed by atoms with Crippen molar-refractivity contribution < 1.29 is 8.42 Å². The minimum Gasteiger partial charge on any atom is -0.360 e. The number of nitrogens with zero attached hydrogens (tertiary/aromatic N) is 1. The summed E-state index contributed by atoms with van der Waals surface area (Å²) in [4.78, 5) is 0.335. The summed E-state index contributed by atoms with van der Waals surface area (Å²) in [5.74, 6) is 0.646. The first-order valence-electron chi connectivity index (χ1n) is 9.52. The highest BCUT2D eigenvalue weighted by atomic mass is 32.2. The summed E-state index contributed by atoms with van der Waals surface area (Å²) in [6.45, 7) is 7.50. The first kappa shape index (κ1) is 21.1. The van der Waals surface area contributed by atoms with Crippen LogP contribution in [-0.2, 0) is 16.6 Å². The van der Waals surface area contributed by atoms with Crippen LogP contribution in [-0.4, -0.2) is 37.0 Å². The lowest BCUT2D eigenvalue weighted by Gasteiger charge is -2.30. The standard InChI is InChI=1S/C19H31N3O2S2/c1-4-22(5-2)26(23,24)17-12-10-16(11-13-17)14-20-19(25)21-18-9-7-6-8-15(18)3/h10-13,15,18H,4-9,14H2,1-3H3,(H2,20,21,25)/t15-,18+/m1/s1. The summed E-state index contributed by atoms with van der Waals surface area (Å²) in [5, 5.41) is 7.32. The molecule has 0 heterocycles. The van der Waals surface area contributed by atoms with Crippen molar-refractivity contribution in [2.45, 2.75) is 63.9 Å². The van der Waals surface area contributed by atoms with Crippen molar-refractivity contribution in [3.8, 4) is 0 Å². The third-order valence-electron chi connectivity index (χ3n) is 5.15. The third-order valence-corrected chi connectivity index (χ3v) is 7.47. The Labute approximate surface area is 163 Å². The van der Waals surface area contributed by atoms with Crippen molar-refractivity contribution >= 4 is 27.4 Å². The molecule has 0 aromatic heterocycles. The molecule has 0 radical (unpaired) electrons. The Bertz CT molecular complexity index is 685. The molecule has 146 valence electrons. The van der Waals surface area contributed by atoms with E-state index in [1.165, 1.54) is 30.0 Å². The van der Waals surface area contributed by atoms with Gasteiger partial charge in [-0.25, -0.2) is 8.42 Å². The van der Waals surface area contributed by atoms with Gasteiger partial charge in [0.25, 0.3) is 0 Å². The van der Waals surface area contributed by atoms with Gasteiger partial charge in [0.2, 0.25) is 10.0 Å². The van der Waals surface area contributed by atoms with Gasteiger partial charge in [-0.15, -0.1) is 0 Å². The molecular weight excluding hydrogens is 366 g/mol. The summed E-state index contributed by atoms with van der Waals surface area (Å²) in [6, 6.07) is 7.48. The van der Waals surface area contributed by atoms with E-state index in [4.69, 9.17) is 12.2 Å². The number of hydrogen-bond acceptors (Lipinski definition) is 3. The highest BCUT2D eigenvalue weighted by Crippen LogP contribution is 2.23. The molecule has 5 nitrogen and oxygen atoms in total. The van der Waals surface area contributed by atoms with E-state index in [-0.39, 0.29) is 0 Å². The van der Waals surface area contributed by atoms with Crippen LogP contribution in [0.2, 0.25) is 0 Å². The zero-order valence-electron chi connectivity index (χ0n) is 16.0. The molecule has 0 unspecified atom stereocenters. The van der Waals surface area contributed by atoms with E-state index in [2.05, 4.69) is 17.6 Å². The van der Waals surface area contributed by atoms with E-state index >= 15 is 0 Å². The van der Waals surface area contributed by atoms with Gasteiger partial charge in [-0.05, 0) is 48.7 Å². The Kier molecular flexibility index (Phi) is 7.85. The van der Waals surface area contributed by atoms with Gasteiger partial charge in [0.1, 0.15) is 0 Å². The highest BCUT2D eigenvalue weighted by Gasteiger charge is 2.22. The monoisotopic (exact) mass is 397 g/mol. The van der Waals surface area contributed by atoms with Gasteiger partial charge in [-0.3, -0.25) is 0 Å². The zero-order chi connectivity index (χ0) is 19.2. The van der Waals surface area contributed by atoms with E-state index in [0.29, 0.717) is 41.6 Å². The van der Waals surface area contributed by atoms with E-state index in [1.54, 1.807) is 12.1 Å². The second kappa shape index (κ2) is 9.67. The Hall–Kier alpha value is -1.18. The molecule has 1 aromatic carbocycles. The smallest absolute Gasteiger partial charge is 0.243 e. The average Bonchev–Trinajstić information content (AvgIpc) is 2.63. The predicted octanol–water partition coefficient (Wildman–Crippen LogP) is 3.26. The minimum atomic E-state index is -3.40. The molecule has 1 fully saturated rings. The van der Waals surface area contributed by atoms with Crippen molar-refractivity contribution in [1.29, 1.82) is 0 Å². The van der Waals surface area contributed by atoms with Crippen LogP contribution in [0.4, 0.5) is 0 Å². The van der Waals surface area contributed by atoms with Crippen molar-refractivity contribution in [1.82, 2.24) is 14.9 Å². The molecule has 1 saturated carbocycles. The number of sulfonamides is 1. The molecule has 0 saturated heterocycles. The lowest BCUT2D eigenvalue weighted by molar-refractivity contribution is 0.308. The van der Waals surface area contributed by atoms with Crippen LogP contribution in [0.1, 0.15) is 52.0 Å². The molecule has 2 rings (SSSR count). The average molecular weight is 398 g/mol. The molecule has 26 heavy (non-hydrogen) atoms. The number of nitrogens with one attached hydrogen (secondary N) is 2. The second-order valence-electron chi connectivity index (χ2n) is 6.93. The van der Waals surface area contributed by atoms with Crippen LogP contribution in [0.15, 0.2) is 29.2 Å². The number of rotatable bonds is 7. The van der Waals surface area contributed by atoms with E-state index in [9.17, 15) is 8.42 Å². The summed E-state index contributed by atoms with van der Waals surface area (Å²) in [6.07, 6.45) is 4.99. The quantitative estimate of drug-likeness (QED) is 0.692.